The fourth-order valence-corrected chi connectivity index (χ4v) is 2.25. The van der Waals surface area contributed by atoms with Gasteiger partial charge in [0, 0.05) is 19.3 Å². The fraction of sp³-hybridized carbons (Fsp3) is 0.417. The van der Waals surface area contributed by atoms with Crippen LogP contribution in [0.2, 0.25) is 0 Å². The maximum atomic E-state index is 11.3. The first-order valence-electron chi connectivity index (χ1n) is 5.68. The number of carbonyl (C=O) groups excluding carboxylic acids is 1. The van der Waals surface area contributed by atoms with Crippen molar-refractivity contribution in [2.24, 2.45) is 0 Å². The van der Waals surface area contributed by atoms with Gasteiger partial charge in [0.25, 0.3) is 0 Å². The summed E-state index contributed by atoms with van der Waals surface area (Å²) >= 11 is 5.45. The highest BCUT2D eigenvalue weighted by atomic mass is 35.5. The van der Waals surface area contributed by atoms with Crippen molar-refractivity contribution in [3.05, 3.63) is 29.8 Å². The lowest BCUT2D eigenvalue weighted by molar-refractivity contribution is -0.127. The number of carbonyl (C=O) groups is 1. The number of nitrogens with zero attached hydrogens (tertiary/aromatic N) is 1. The molecule has 0 aliphatic heterocycles. The number of likely N-dealkylation sites (N-methyl/N-ethyl adjacent to an activating group) is 1. The SMILES string of the molecule is CN(CCc1ccc(NS(C)(=O)=O)cc1)C(=O)CCl. The molecule has 19 heavy (non-hydrogen) atoms. The van der Waals surface area contributed by atoms with Crippen LogP contribution in [0.3, 0.4) is 0 Å². The summed E-state index contributed by atoms with van der Waals surface area (Å²) in [6, 6.07) is 7.04. The number of anilines is 1. The Morgan fingerprint density at radius 1 is 1.32 bits per heavy atom. The zero-order valence-electron chi connectivity index (χ0n) is 10.9. The van der Waals surface area contributed by atoms with Crippen molar-refractivity contribution in [2.45, 2.75) is 6.42 Å². The van der Waals surface area contributed by atoms with Crippen molar-refractivity contribution >= 4 is 33.2 Å². The van der Waals surface area contributed by atoms with Gasteiger partial charge in [-0.05, 0) is 24.1 Å². The summed E-state index contributed by atoms with van der Waals surface area (Å²) in [4.78, 5) is 12.8. The molecule has 0 heterocycles. The lowest BCUT2D eigenvalue weighted by atomic mass is 10.1. The monoisotopic (exact) mass is 304 g/mol. The molecule has 0 aliphatic carbocycles. The van der Waals surface area contributed by atoms with E-state index < -0.39 is 10.0 Å². The van der Waals surface area contributed by atoms with Crippen LogP contribution in [0, 0.1) is 0 Å². The van der Waals surface area contributed by atoms with Gasteiger partial charge in [-0.2, -0.15) is 0 Å². The number of hydrogen-bond acceptors (Lipinski definition) is 3. The third kappa shape index (κ3) is 5.94. The van der Waals surface area contributed by atoms with Gasteiger partial charge in [0.15, 0.2) is 0 Å². The van der Waals surface area contributed by atoms with E-state index in [1.807, 2.05) is 12.1 Å². The molecular weight excluding hydrogens is 288 g/mol. The van der Waals surface area contributed by atoms with Crippen LogP contribution in [0.4, 0.5) is 5.69 Å². The average molecular weight is 305 g/mol. The zero-order chi connectivity index (χ0) is 14.5. The van der Waals surface area contributed by atoms with E-state index in [2.05, 4.69) is 4.72 Å². The van der Waals surface area contributed by atoms with Crippen LogP contribution in [0.1, 0.15) is 5.56 Å². The zero-order valence-corrected chi connectivity index (χ0v) is 12.5. The molecule has 0 aromatic heterocycles. The molecule has 5 nitrogen and oxygen atoms in total. The largest absolute Gasteiger partial charge is 0.344 e. The average Bonchev–Trinajstić information content (AvgIpc) is 2.34. The number of amides is 1. The highest BCUT2D eigenvalue weighted by Gasteiger charge is 2.07. The molecule has 0 atom stereocenters. The highest BCUT2D eigenvalue weighted by molar-refractivity contribution is 7.92. The number of hydrogen-bond donors (Lipinski definition) is 1. The Morgan fingerprint density at radius 2 is 1.89 bits per heavy atom. The second-order valence-electron chi connectivity index (χ2n) is 4.27. The van der Waals surface area contributed by atoms with E-state index >= 15 is 0 Å². The lowest BCUT2D eigenvalue weighted by Gasteiger charge is -2.15. The van der Waals surface area contributed by atoms with Crippen LogP contribution in [0.25, 0.3) is 0 Å². The lowest BCUT2D eigenvalue weighted by Crippen LogP contribution is -2.29. The third-order valence-electron chi connectivity index (χ3n) is 2.53. The molecule has 0 saturated carbocycles. The molecule has 1 aromatic carbocycles. The van der Waals surface area contributed by atoms with Crippen molar-refractivity contribution in [2.75, 3.05) is 30.5 Å². The molecule has 0 bridgehead atoms. The molecule has 1 N–H and O–H groups in total. The van der Waals surface area contributed by atoms with Gasteiger partial charge in [-0.15, -0.1) is 11.6 Å². The second-order valence-corrected chi connectivity index (χ2v) is 6.29. The van der Waals surface area contributed by atoms with Gasteiger partial charge in [0.1, 0.15) is 5.88 Å². The molecule has 7 heteroatoms. The molecule has 106 valence electrons. The van der Waals surface area contributed by atoms with Crippen molar-refractivity contribution in [1.82, 2.24) is 4.90 Å². The standard InChI is InChI=1S/C12H17ClN2O3S/c1-15(12(16)9-13)8-7-10-3-5-11(6-4-10)14-19(2,17)18/h3-6,14H,7-9H2,1-2H3. The smallest absolute Gasteiger partial charge is 0.237 e. The van der Waals surface area contributed by atoms with Crippen LogP contribution in [-0.2, 0) is 21.2 Å². The summed E-state index contributed by atoms with van der Waals surface area (Å²) in [5.41, 5.74) is 1.55. The quantitative estimate of drug-likeness (QED) is 0.806. The summed E-state index contributed by atoms with van der Waals surface area (Å²) in [5.74, 6) is -0.134. The van der Waals surface area contributed by atoms with Crippen LogP contribution >= 0.6 is 11.6 Å². The Morgan fingerprint density at radius 3 is 2.37 bits per heavy atom. The van der Waals surface area contributed by atoms with E-state index in [9.17, 15) is 13.2 Å². The minimum absolute atomic E-state index is 0.0201. The Kier molecular flexibility index (Phi) is 5.62. The van der Waals surface area contributed by atoms with Crippen LogP contribution in [0.5, 0.6) is 0 Å². The normalized spacial score (nSPS) is 11.1. The van der Waals surface area contributed by atoms with Crippen molar-refractivity contribution in [3.8, 4) is 0 Å². The van der Waals surface area contributed by atoms with Crippen molar-refractivity contribution in [3.63, 3.8) is 0 Å². The summed E-state index contributed by atoms with van der Waals surface area (Å²) in [5, 5.41) is 0. The predicted molar refractivity (Wildman–Crippen MR) is 77.0 cm³/mol. The second kappa shape index (κ2) is 6.77. The molecule has 1 rings (SSSR count). The molecule has 0 fully saturated rings. The number of halogens is 1. The fourth-order valence-electron chi connectivity index (χ4n) is 1.48. The van der Waals surface area contributed by atoms with Gasteiger partial charge in [-0.1, -0.05) is 12.1 Å². The first kappa shape index (κ1) is 15.8. The van der Waals surface area contributed by atoms with Crippen molar-refractivity contribution in [1.29, 1.82) is 0 Å². The molecular formula is C12H17ClN2O3S. The highest BCUT2D eigenvalue weighted by Crippen LogP contribution is 2.11. The number of nitrogens with one attached hydrogen (secondary N) is 1. The summed E-state index contributed by atoms with van der Waals surface area (Å²) in [7, 11) is -1.55. The summed E-state index contributed by atoms with van der Waals surface area (Å²) in [6.45, 7) is 0.574. The maximum absolute atomic E-state index is 11.3. The molecule has 1 amide bonds. The molecule has 0 saturated heterocycles. The van der Waals surface area contributed by atoms with Crippen LogP contribution in [0.15, 0.2) is 24.3 Å². The Bertz CT molecular complexity index is 528. The van der Waals surface area contributed by atoms with E-state index in [1.54, 1.807) is 24.1 Å². The molecule has 1 aromatic rings. The molecule has 0 unspecified atom stereocenters. The number of sulfonamides is 1. The van der Waals surface area contributed by atoms with E-state index in [-0.39, 0.29) is 11.8 Å². The topological polar surface area (TPSA) is 66.5 Å². The molecule has 0 radical (unpaired) electrons. The van der Waals surface area contributed by atoms with Crippen LogP contribution in [-0.4, -0.2) is 45.0 Å². The Balaban J connectivity index is 2.55. The van der Waals surface area contributed by atoms with Gasteiger partial charge >= 0.3 is 0 Å². The molecule has 0 spiro atoms. The van der Waals surface area contributed by atoms with Gasteiger partial charge in [-0.3, -0.25) is 9.52 Å². The van der Waals surface area contributed by atoms with E-state index in [1.165, 1.54) is 0 Å². The van der Waals surface area contributed by atoms with Gasteiger partial charge in [0.05, 0.1) is 6.26 Å². The summed E-state index contributed by atoms with van der Waals surface area (Å²) in [6.07, 6.45) is 1.80. The van der Waals surface area contributed by atoms with Gasteiger partial charge < -0.3 is 4.90 Å². The molecule has 0 aliphatic rings. The maximum Gasteiger partial charge on any atom is 0.237 e. The first-order chi connectivity index (χ1) is 8.81. The van der Waals surface area contributed by atoms with Gasteiger partial charge in [0.2, 0.25) is 15.9 Å². The van der Waals surface area contributed by atoms with Gasteiger partial charge in [-0.25, -0.2) is 8.42 Å². The number of alkyl halides is 1. The number of rotatable bonds is 6. The van der Waals surface area contributed by atoms with E-state index in [0.29, 0.717) is 18.7 Å². The first-order valence-corrected chi connectivity index (χ1v) is 8.11. The minimum Gasteiger partial charge on any atom is -0.344 e. The Labute approximate surface area is 118 Å². The van der Waals surface area contributed by atoms with Crippen LogP contribution < -0.4 is 4.72 Å². The predicted octanol–water partition coefficient (Wildman–Crippen LogP) is 1.30. The summed E-state index contributed by atoms with van der Waals surface area (Å²) < 4.78 is 24.5. The third-order valence-corrected chi connectivity index (χ3v) is 3.37. The van der Waals surface area contributed by atoms with E-state index in [0.717, 1.165) is 11.8 Å². The Hall–Kier alpha value is -1.27. The van der Waals surface area contributed by atoms with E-state index in [4.69, 9.17) is 11.6 Å². The minimum atomic E-state index is -3.25. The van der Waals surface area contributed by atoms with Crippen molar-refractivity contribution < 1.29 is 13.2 Å². The number of benzene rings is 1.